The van der Waals surface area contributed by atoms with Gasteiger partial charge in [0.05, 0.1) is 18.8 Å². The van der Waals surface area contributed by atoms with Crippen molar-refractivity contribution >= 4 is 19.8 Å². The first-order chi connectivity index (χ1) is 25.7. The third kappa shape index (κ3) is 34.0. The Labute approximate surface area is 322 Å². The van der Waals surface area contributed by atoms with Crippen LogP contribution >= 0.6 is 7.82 Å². The van der Waals surface area contributed by atoms with Gasteiger partial charge in [0, 0.05) is 12.8 Å². The maximum absolute atomic E-state index is 12.4. The van der Waals surface area contributed by atoms with Gasteiger partial charge in [0.25, 0.3) is 0 Å². The smallest absolute Gasteiger partial charge is 0.462 e. The summed E-state index contributed by atoms with van der Waals surface area (Å²) in [6.07, 6.45) is 45.6. The minimum atomic E-state index is -4.77. The van der Waals surface area contributed by atoms with Crippen LogP contribution in [0.5, 0.6) is 0 Å². The van der Waals surface area contributed by atoms with E-state index in [1.807, 2.05) is 12.2 Å². The van der Waals surface area contributed by atoms with Gasteiger partial charge in [0.1, 0.15) is 6.61 Å². The summed E-state index contributed by atoms with van der Waals surface area (Å²) in [5, 5.41) is 0. The number of ether oxygens (including phenoxy) is 3. The topological polar surface area (TPSA) is 132 Å². The second-order valence-corrected chi connectivity index (χ2v) is 15.2. The molecule has 10 heteroatoms. The maximum atomic E-state index is 12.4. The van der Waals surface area contributed by atoms with Gasteiger partial charge in [-0.25, -0.2) is 4.57 Å². The summed E-state index contributed by atoms with van der Waals surface area (Å²) in [6.45, 7) is 3.50. The fraction of sp³-hybridized carbons (Fsp3) is 0.721. The van der Waals surface area contributed by atoms with Gasteiger partial charge in [-0.2, -0.15) is 0 Å². The van der Waals surface area contributed by atoms with Crippen molar-refractivity contribution in [3.05, 3.63) is 60.8 Å². The molecule has 0 aromatic carbocycles. The molecule has 9 nitrogen and oxygen atoms in total. The van der Waals surface area contributed by atoms with Crippen molar-refractivity contribution in [2.45, 2.75) is 186 Å². The highest BCUT2D eigenvalue weighted by atomic mass is 31.2. The van der Waals surface area contributed by atoms with Crippen molar-refractivity contribution < 1.29 is 42.7 Å². The third-order valence-corrected chi connectivity index (χ3v) is 9.45. The molecule has 1 aliphatic rings. The Balaban J connectivity index is 2.11. The highest BCUT2D eigenvalue weighted by Gasteiger charge is 2.35. The van der Waals surface area contributed by atoms with Crippen LogP contribution in [0.2, 0.25) is 0 Å². The molecular weight excluding hydrogens is 691 g/mol. The van der Waals surface area contributed by atoms with Crippen LogP contribution in [-0.4, -0.2) is 53.3 Å². The fourth-order valence-corrected chi connectivity index (χ4v) is 6.15. The zero-order valence-electron chi connectivity index (χ0n) is 33.1. The van der Waals surface area contributed by atoms with Gasteiger partial charge < -0.3 is 24.0 Å². The van der Waals surface area contributed by atoms with E-state index in [1.165, 1.54) is 70.6 Å². The summed E-state index contributed by atoms with van der Waals surface area (Å²) in [5.74, 6) is -0.986. The first-order valence-corrected chi connectivity index (χ1v) is 22.2. The molecule has 0 aliphatic carbocycles. The second-order valence-electron chi connectivity index (χ2n) is 14.0. The third-order valence-electron chi connectivity index (χ3n) is 8.97. The Kier molecular flexibility index (Phi) is 31.5. The molecule has 1 heterocycles. The van der Waals surface area contributed by atoms with Crippen LogP contribution < -0.4 is 0 Å². The lowest BCUT2D eigenvalue weighted by atomic mass is 10.0. The lowest BCUT2D eigenvalue weighted by Crippen LogP contribution is -2.29. The molecule has 53 heavy (non-hydrogen) atoms. The lowest BCUT2D eigenvalue weighted by Gasteiger charge is -2.18. The average Bonchev–Trinajstić information content (AvgIpc) is 3.88. The van der Waals surface area contributed by atoms with Gasteiger partial charge >= 0.3 is 19.8 Å². The number of hydrogen-bond acceptors (Lipinski definition) is 7. The maximum Gasteiger partial charge on any atom is 0.469 e. The molecule has 0 spiro atoms. The zero-order valence-corrected chi connectivity index (χ0v) is 34.0. The van der Waals surface area contributed by atoms with Crippen LogP contribution in [0.25, 0.3) is 0 Å². The minimum Gasteiger partial charge on any atom is -0.462 e. The van der Waals surface area contributed by atoms with Gasteiger partial charge in [-0.1, -0.05) is 164 Å². The van der Waals surface area contributed by atoms with Crippen molar-refractivity contribution in [1.82, 2.24) is 0 Å². The number of allylic oxidation sites excluding steroid dienone is 8. The molecule has 0 bridgehead atoms. The van der Waals surface area contributed by atoms with Gasteiger partial charge in [0.2, 0.25) is 0 Å². The molecule has 304 valence electrons. The number of hydrogen-bond donors (Lipinski definition) is 2. The molecule has 1 saturated heterocycles. The molecule has 1 fully saturated rings. The standard InChI is InChI=1S/C43H73O9P/c1-3-5-7-8-9-10-11-12-13-14-19-22-25-28-32-36-43(45)51-39(38-50-53(46,47)48)37-49-42(44)35-31-27-24-21-18-16-15-17-20-23-26-30-34-41-40(52-41)33-29-6-4-2/h6,16-18,20,24,26-27,29-30,39-41H,3-5,7-15,19,21-23,25,28,31-38H2,1-2H3,(H2,46,47,48)/b18-16-,20-17-,27-24-,29-6-,30-26-/t39-,40?,41?/m1/s1. The van der Waals surface area contributed by atoms with Crippen LogP contribution in [0, 0.1) is 0 Å². The van der Waals surface area contributed by atoms with Gasteiger partial charge in [-0.3, -0.25) is 14.1 Å². The van der Waals surface area contributed by atoms with E-state index in [2.05, 4.69) is 67.0 Å². The molecule has 1 aliphatic heterocycles. The van der Waals surface area contributed by atoms with E-state index in [0.29, 0.717) is 25.0 Å². The first kappa shape index (κ1) is 48.7. The zero-order chi connectivity index (χ0) is 38.7. The van der Waals surface area contributed by atoms with E-state index < -0.39 is 32.5 Å². The molecule has 2 unspecified atom stereocenters. The second kappa shape index (κ2) is 34.2. The quantitative estimate of drug-likeness (QED) is 0.0210. The summed E-state index contributed by atoms with van der Waals surface area (Å²) in [6, 6.07) is 0. The van der Waals surface area contributed by atoms with Crippen molar-refractivity contribution in [1.29, 1.82) is 0 Å². The highest BCUT2D eigenvalue weighted by Crippen LogP contribution is 2.36. The molecule has 1 rings (SSSR count). The number of phosphoric ester groups is 1. The number of carbonyl (C=O) groups is 2. The van der Waals surface area contributed by atoms with Crippen LogP contribution in [0.3, 0.4) is 0 Å². The summed E-state index contributed by atoms with van der Waals surface area (Å²) >= 11 is 0. The summed E-state index contributed by atoms with van der Waals surface area (Å²) < 4.78 is 32.0. The molecule has 0 radical (unpaired) electrons. The molecule has 0 aromatic rings. The summed E-state index contributed by atoms with van der Waals surface area (Å²) in [5.41, 5.74) is 0. The Morgan fingerprint density at radius 2 is 1.08 bits per heavy atom. The number of carbonyl (C=O) groups excluding carboxylic acids is 2. The fourth-order valence-electron chi connectivity index (χ4n) is 5.79. The Morgan fingerprint density at radius 3 is 1.58 bits per heavy atom. The van der Waals surface area contributed by atoms with E-state index in [9.17, 15) is 14.2 Å². The number of epoxide rings is 1. The first-order valence-electron chi connectivity index (χ1n) is 20.7. The van der Waals surface area contributed by atoms with E-state index in [-0.39, 0.29) is 19.4 Å². The van der Waals surface area contributed by atoms with Gasteiger partial charge in [-0.05, 0) is 51.4 Å². The number of rotatable bonds is 36. The van der Waals surface area contributed by atoms with Crippen LogP contribution in [-0.2, 0) is 32.9 Å². The largest absolute Gasteiger partial charge is 0.469 e. The normalized spacial score (nSPS) is 16.9. The SMILES string of the molecule is CC/C=C\CC1OC1C/C=C\C/C=C\C/C=C\C/C=C\CCC(=O)OC[C@H](COP(=O)(O)O)OC(=O)CCCCCCCCCCCCCCCCC. The summed E-state index contributed by atoms with van der Waals surface area (Å²) in [7, 11) is -4.77. The molecule has 0 aromatic heterocycles. The van der Waals surface area contributed by atoms with Crippen molar-refractivity contribution in [2.75, 3.05) is 13.2 Å². The molecule has 3 atom stereocenters. The minimum absolute atomic E-state index is 0.138. The highest BCUT2D eigenvalue weighted by molar-refractivity contribution is 7.46. The predicted molar refractivity (Wildman–Crippen MR) is 215 cm³/mol. The molecule has 0 amide bonds. The number of esters is 2. The van der Waals surface area contributed by atoms with Crippen molar-refractivity contribution in [3.8, 4) is 0 Å². The van der Waals surface area contributed by atoms with Crippen molar-refractivity contribution in [3.63, 3.8) is 0 Å². The number of unbranched alkanes of at least 4 members (excludes halogenated alkanes) is 14. The Bertz CT molecular complexity index is 1110. The van der Waals surface area contributed by atoms with Crippen molar-refractivity contribution in [2.24, 2.45) is 0 Å². The molecule has 0 saturated carbocycles. The van der Waals surface area contributed by atoms with Gasteiger partial charge in [-0.15, -0.1) is 0 Å². The Hall–Kier alpha value is -2.29. The average molecular weight is 765 g/mol. The van der Waals surface area contributed by atoms with E-state index in [1.54, 1.807) is 0 Å². The molecule has 2 N–H and O–H groups in total. The summed E-state index contributed by atoms with van der Waals surface area (Å²) in [4.78, 5) is 42.8. The number of phosphoric acid groups is 1. The monoisotopic (exact) mass is 764 g/mol. The molecular formula is C43H73O9P. The van der Waals surface area contributed by atoms with Crippen LogP contribution in [0.15, 0.2) is 60.8 Å². The van der Waals surface area contributed by atoms with Crippen LogP contribution in [0.1, 0.15) is 168 Å². The van der Waals surface area contributed by atoms with E-state index in [0.717, 1.165) is 57.8 Å². The Morgan fingerprint density at radius 1 is 0.604 bits per heavy atom. The lowest BCUT2D eigenvalue weighted by molar-refractivity contribution is -0.161. The van der Waals surface area contributed by atoms with E-state index in [4.69, 9.17) is 24.0 Å². The van der Waals surface area contributed by atoms with Crippen LogP contribution in [0.4, 0.5) is 0 Å². The van der Waals surface area contributed by atoms with E-state index >= 15 is 0 Å². The predicted octanol–water partition coefficient (Wildman–Crippen LogP) is 11.5. The van der Waals surface area contributed by atoms with Gasteiger partial charge in [0.15, 0.2) is 6.10 Å².